The molecular weight excluding hydrogens is 208 g/mol. The lowest BCUT2D eigenvalue weighted by Crippen LogP contribution is -2.53. The topological polar surface area (TPSA) is 69.6 Å². The minimum Gasteiger partial charge on any atom is -0.480 e. The number of terminal acetylenes is 1. The molecule has 1 aliphatic rings. The maximum atomic E-state index is 11.8. The minimum absolute atomic E-state index is 0.0903. The fraction of sp³-hybridized carbons (Fsp3) is 0.636. The molecular formula is C11H16N2O3. The fourth-order valence-corrected chi connectivity index (χ4v) is 1.92. The van der Waals surface area contributed by atoms with Crippen LogP contribution < -0.4 is 5.32 Å². The molecule has 5 nitrogen and oxygen atoms in total. The van der Waals surface area contributed by atoms with Crippen LogP contribution in [0.1, 0.15) is 19.8 Å². The van der Waals surface area contributed by atoms with Gasteiger partial charge in [-0.2, -0.15) is 0 Å². The van der Waals surface area contributed by atoms with E-state index in [1.807, 2.05) is 0 Å². The van der Waals surface area contributed by atoms with Crippen LogP contribution in [0.2, 0.25) is 0 Å². The van der Waals surface area contributed by atoms with Gasteiger partial charge in [0.15, 0.2) is 0 Å². The summed E-state index contributed by atoms with van der Waals surface area (Å²) in [5, 5.41) is 11.9. The maximum Gasteiger partial charge on any atom is 0.329 e. The van der Waals surface area contributed by atoms with Crippen molar-refractivity contribution in [1.82, 2.24) is 10.2 Å². The van der Waals surface area contributed by atoms with Crippen molar-refractivity contribution in [1.29, 1.82) is 0 Å². The monoisotopic (exact) mass is 224 g/mol. The van der Waals surface area contributed by atoms with Crippen LogP contribution in [0.4, 0.5) is 0 Å². The molecule has 1 atom stereocenters. The van der Waals surface area contributed by atoms with Gasteiger partial charge in [-0.15, -0.1) is 6.42 Å². The number of hydrogen-bond donors (Lipinski definition) is 2. The highest BCUT2D eigenvalue weighted by molar-refractivity contribution is 5.88. The lowest BCUT2D eigenvalue weighted by molar-refractivity contribution is -0.154. The smallest absolute Gasteiger partial charge is 0.329 e. The zero-order valence-electron chi connectivity index (χ0n) is 9.32. The Morgan fingerprint density at radius 1 is 1.62 bits per heavy atom. The fourth-order valence-electron chi connectivity index (χ4n) is 1.92. The van der Waals surface area contributed by atoms with Gasteiger partial charge in [-0.05, 0) is 19.8 Å². The average Bonchev–Trinajstić information content (AvgIpc) is 2.62. The Hall–Kier alpha value is -1.54. The molecule has 1 aliphatic heterocycles. The summed E-state index contributed by atoms with van der Waals surface area (Å²) in [6, 6.07) is 0. The molecule has 0 aliphatic carbocycles. The van der Waals surface area contributed by atoms with E-state index in [0.29, 0.717) is 19.5 Å². The lowest BCUT2D eigenvalue weighted by atomic mass is 9.99. The number of nitrogens with zero attached hydrogens (tertiary/aromatic N) is 1. The number of carboxylic acids is 1. The second-order valence-corrected chi connectivity index (χ2v) is 4.04. The number of hydrogen-bond acceptors (Lipinski definition) is 3. The molecule has 5 heteroatoms. The van der Waals surface area contributed by atoms with Gasteiger partial charge in [0, 0.05) is 6.54 Å². The van der Waals surface area contributed by atoms with Crippen molar-refractivity contribution < 1.29 is 14.7 Å². The van der Waals surface area contributed by atoms with Gasteiger partial charge in [0.05, 0.1) is 13.1 Å². The summed E-state index contributed by atoms with van der Waals surface area (Å²) in [5.74, 6) is 1.20. The lowest BCUT2D eigenvalue weighted by Gasteiger charge is -2.31. The SMILES string of the molecule is C#CCNCC(=O)N1CCCC1(C)C(=O)O. The van der Waals surface area contributed by atoms with Crippen LogP contribution in [-0.2, 0) is 9.59 Å². The van der Waals surface area contributed by atoms with Crippen LogP contribution in [-0.4, -0.2) is 47.1 Å². The Balaban J connectivity index is 2.62. The summed E-state index contributed by atoms with van der Waals surface area (Å²) in [6.07, 6.45) is 6.27. The Labute approximate surface area is 94.8 Å². The van der Waals surface area contributed by atoms with Crippen molar-refractivity contribution in [2.24, 2.45) is 0 Å². The van der Waals surface area contributed by atoms with E-state index in [1.165, 1.54) is 4.90 Å². The molecule has 0 aromatic rings. The number of likely N-dealkylation sites (tertiary alicyclic amines) is 1. The van der Waals surface area contributed by atoms with Gasteiger partial charge in [0.2, 0.25) is 5.91 Å². The molecule has 88 valence electrons. The molecule has 1 saturated heterocycles. The second-order valence-electron chi connectivity index (χ2n) is 4.04. The number of rotatable bonds is 4. The Bertz CT molecular complexity index is 335. The van der Waals surface area contributed by atoms with Gasteiger partial charge in [-0.1, -0.05) is 5.92 Å². The highest BCUT2D eigenvalue weighted by Gasteiger charge is 2.45. The third-order valence-corrected chi connectivity index (χ3v) is 2.91. The summed E-state index contributed by atoms with van der Waals surface area (Å²) >= 11 is 0. The van der Waals surface area contributed by atoms with E-state index in [0.717, 1.165) is 6.42 Å². The van der Waals surface area contributed by atoms with Crippen LogP contribution in [0.15, 0.2) is 0 Å². The first-order valence-electron chi connectivity index (χ1n) is 5.20. The molecule has 16 heavy (non-hydrogen) atoms. The Morgan fingerprint density at radius 3 is 2.88 bits per heavy atom. The molecule has 1 rings (SSSR count). The number of amides is 1. The van der Waals surface area contributed by atoms with Crippen molar-refractivity contribution >= 4 is 11.9 Å². The standard InChI is InChI=1S/C11H16N2O3/c1-3-6-12-8-9(14)13-7-4-5-11(13,2)10(15)16/h1,12H,4-8H2,2H3,(H,15,16). The molecule has 0 spiro atoms. The summed E-state index contributed by atoms with van der Waals surface area (Å²) in [5.41, 5.74) is -1.06. The number of carboxylic acid groups (broad SMARTS) is 1. The van der Waals surface area contributed by atoms with Gasteiger partial charge < -0.3 is 10.0 Å². The quantitative estimate of drug-likeness (QED) is 0.507. The summed E-state index contributed by atoms with van der Waals surface area (Å²) < 4.78 is 0. The molecule has 1 heterocycles. The minimum atomic E-state index is -1.06. The number of carbonyl (C=O) groups excluding carboxylic acids is 1. The number of carbonyl (C=O) groups is 2. The number of nitrogens with one attached hydrogen (secondary N) is 1. The van der Waals surface area contributed by atoms with Crippen LogP contribution in [0.5, 0.6) is 0 Å². The van der Waals surface area contributed by atoms with Crippen LogP contribution in [0.3, 0.4) is 0 Å². The average molecular weight is 224 g/mol. The predicted octanol–water partition coefficient (Wildman–Crippen LogP) is -0.325. The van der Waals surface area contributed by atoms with E-state index >= 15 is 0 Å². The molecule has 0 aromatic carbocycles. The van der Waals surface area contributed by atoms with Crippen molar-refractivity contribution in [2.75, 3.05) is 19.6 Å². The van der Waals surface area contributed by atoms with Gasteiger partial charge >= 0.3 is 5.97 Å². The van der Waals surface area contributed by atoms with Crippen LogP contribution in [0.25, 0.3) is 0 Å². The van der Waals surface area contributed by atoms with Gasteiger partial charge in [0.25, 0.3) is 0 Å². The predicted molar refractivity (Wildman–Crippen MR) is 58.7 cm³/mol. The van der Waals surface area contributed by atoms with Crippen molar-refractivity contribution in [3.63, 3.8) is 0 Å². The molecule has 0 aromatic heterocycles. The first-order valence-corrected chi connectivity index (χ1v) is 5.20. The molecule has 1 amide bonds. The third-order valence-electron chi connectivity index (χ3n) is 2.91. The van der Waals surface area contributed by atoms with Crippen molar-refractivity contribution in [3.05, 3.63) is 0 Å². The van der Waals surface area contributed by atoms with Gasteiger partial charge in [-0.3, -0.25) is 10.1 Å². The Kier molecular flexibility index (Phi) is 3.91. The molecule has 0 bridgehead atoms. The third kappa shape index (κ3) is 2.34. The molecule has 0 saturated carbocycles. The highest BCUT2D eigenvalue weighted by atomic mass is 16.4. The highest BCUT2D eigenvalue weighted by Crippen LogP contribution is 2.28. The maximum absolute atomic E-state index is 11.8. The van der Waals surface area contributed by atoms with Gasteiger partial charge in [0.1, 0.15) is 5.54 Å². The first-order chi connectivity index (χ1) is 7.52. The molecule has 1 unspecified atom stereocenters. The van der Waals surface area contributed by atoms with E-state index in [9.17, 15) is 9.59 Å². The summed E-state index contributed by atoms with van der Waals surface area (Å²) in [6.45, 7) is 2.48. The molecule has 1 fully saturated rings. The first kappa shape index (κ1) is 12.5. The van der Waals surface area contributed by atoms with E-state index in [4.69, 9.17) is 11.5 Å². The van der Waals surface area contributed by atoms with Crippen molar-refractivity contribution in [3.8, 4) is 12.3 Å². The molecule has 2 N–H and O–H groups in total. The van der Waals surface area contributed by atoms with Crippen LogP contribution in [0, 0.1) is 12.3 Å². The van der Waals surface area contributed by atoms with Crippen molar-refractivity contribution in [2.45, 2.75) is 25.3 Å². The van der Waals surface area contributed by atoms with E-state index in [2.05, 4.69) is 11.2 Å². The van der Waals surface area contributed by atoms with E-state index in [1.54, 1.807) is 6.92 Å². The van der Waals surface area contributed by atoms with E-state index in [-0.39, 0.29) is 12.5 Å². The second kappa shape index (κ2) is 4.99. The molecule has 0 radical (unpaired) electrons. The van der Waals surface area contributed by atoms with Gasteiger partial charge in [-0.25, -0.2) is 4.79 Å². The normalized spacial score (nSPS) is 24.1. The summed E-state index contributed by atoms with van der Waals surface area (Å²) in [7, 11) is 0. The van der Waals surface area contributed by atoms with Crippen LogP contribution >= 0.6 is 0 Å². The zero-order chi connectivity index (χ0) is 12.2. The van der Waals surface area contributed by atoms with E-state index < -0.39 is 11.5 Å². The Morgan fingerprint density at radius 2 is 2.31 bits per heavy atom. The zero-order valence-corrected chi connectivity index (χ0v) is 9.32. The largest absolute Gasteiger partial charge is 0.480 e. The number of aliphatic carboxylic acids is 1. The summed E-state index contributed by atoms with van der Waals surface area (Å²) in [4.78, 5) is 24.3.